The second-order valence-electron chi connectivity index (χ2n) is 5.04. The Morgan fingerprint density at radius 2 is 2.06 bits per heavy atom. The van der Waals surface area contributed by atoms with Gasteiger partial charge in [0.15, 0.2) is 0 Å². The molecule has 1 N–H and O–H groups in total. The first-order valence-electron chi connectivity index (χ1n) is 6.47. The molecule has 0 aliphatic heterocycles. The second-order valence-corrected chi connectivity index (χ2v) is 5.04. The smallest absolute Gasteiger partial charge is 0.119 e. The molecular formula is C15H25NO2. The van der Waals surface area contributed by atoms with Gasteiger partial charge in [-0.2, -0.15) is 0 Å². The fourth-order valence-corrected chi connectivity index (χ4v) is 1.62. The minimum absolute atomic E-state index is 0.0754. The monoisotopic (exact) mass is 251 g/mol. The average molecular weight is 251 g/mol. The van der Waals surface area contributed by atoms with Crippen molar-refractivity contribution in [3.8, 4) is 5.75 Å². The SMILES string of the molecule is CCC(C)(C)OCC(NC)c1cccc(OC)c1. The van der Waals surface area contributed by atoms with Crippen molar-refractivity contribution in [1.29, 1.82) is 0 Å². The summed E-state index contributed by atoms with van der Waals surface area (Å²) in [5.74, 6) is 0.877. The largest absolute Gasteiger partial charge is 0.497 e. The lowest BCUT2D eigenvalue weighted by Gasteiger charge is -2.27. The summed E-state index contributed by atoms with van der Waals surface area (Å²) < 4.78 is 11.2. The van der Waals surface area contributed by atoms with Gasteiger partial charge in [-0.3, -0.25) is 0 Å². The van der Waals surface area contributed by atoms with Crippen molar-refractivity contribution in [3.05, 3.63) is 29.8 Å². The van der Waals surface area contributed by atoms with E-state index in [-0.39, 0.29) is 11.6 Å². The standard InChI is InChI=1S/C15H25NO2/c1-6-15(2,3)18-11-14(16-4)12-8-7-9-13(10-12)17-5/h7-10,14,16H,6,11H2,1-5H3. The van der Waals surface area contributed by atoms with Gasteiger partial charge in [0.25, 0.3) is 0 Å². The molecule has 0 fully saturated rings. The Morgan fingerprint density at radius 1 is 1.33 bits per heavy atom. The zero-order valence-corrected chi connectivity index (χ0v) is 12.1. The molecule has 0 saturated carbocycles. The number of rotatable bonds is 7. The van der Waals surface area contributed by atoms with Gasteiger partial charge in [0.05, 0.1) is 25.4 Å². The van der Waals surface area contributed by atoms with Crippen molar-refractivity contribution in [2.45, 2.75) is 38.8 Å². The molecule has 3 heteroatoms. The summed E-state index contributed by atoms with van der Waals surface area (Å²) in [5, 5.41) is 3.29. The highest BCUT2D eigenvalue weighted by molar-refractivity contribution is 5.30. The van der Waals surface area contributed by atoms with E-state index in [0.29, 0.717) is 6.61 Å². The molecular weight excluding hydrogens is 226 g/mol. The second kappa shape index (κ2) is 6.76. The molecule has 0 aliphatic carbocycles. The van der Waals surface area contributed by atoms with Crippen LogP contribution in [0.25, 0.3) is 0 Å². The van der Waals surface area contributed by atoms with Crippen molar-refractivity contribution in [3.63, 3.8) is 0 Å². The normalized spacial score (nSPS) is 13.4. The summed E-state index contributed by atoms with van der Waals surface area (Å²) in [7, 11) is 3.64. The van der Waals surface area contributed by atoms with Gasteiger partial charge in [-0.05, 0) is 45.0 Å². The number of nitrogens with one attached hydrogen (secondary N) is 1. The van der Waals surface area contributed by atoms with Gasteiger partial charge in [-0.15, -0.1) is 0 Å². The molecule has 1 aromatic carbocycles. The Labute approximate surface area is 110 Å². The van der Waals surface area contributed by atoms with Gasteiger partial charge in [0, 0.05) is 0 Å². The van der Waals surface area contributed by atoms with Crippen molar-refractivity contribution < 1.29 is 9.47 Å². The molecule has 3 nitrogen and oxygen atoms in total. The first-order chi connectivity index (χ1) is 8.52. The van der Waals surface area contributed by atoms with Gasteiger partial charge in [0.1, 0.15) is 5.75 Å². The third-order valence-electron chi connectivity index (χ3n) is 3.34. The molecule has 0 bridgehead atoms. The topological polar surface area (TPSA) is 30.5 Å². The van der Waals surface area contributed by atoms with Crippen LogP contribution in [0.15, 0.2) is 24.3 Å². The van der Waals surface area contributed by atoms with Crippen molar-refractivity contribution in [1.82, 2.24) is 5.32 Å². The molecule has 102 valence electrons. The zero-order valence-electron chi connectivity index (χ0n) is 12.1. The minimum atomic E-state index is -0.0754. The number of benzene rings is 1. The molecule has 0 saturated heterocycles. The number of hydrogen-bond donors (Lipinski definition) is 1. The van der Waals surface area contributed by atoms with Gasteiger partial charge < -0.3 is 14.8 Å². The van der Waals surface area contributed by atoms with E-state index in [2.05, 4.69) is 32.2 Å². The van der Waals surface area contributed by atoms with Gasteiger partial charge in [-0.25, -0.2) is 0 Å². The van der Waals surface area contributed by atoms with E-state index in [1.54, 1.807) is 7.11 Å². The van der Waals surface area contributed by atoms with E-state index in [1.807, 2.05) is 25.2 Å². The van der Waals surface area contributed by atoms with E-state index in [0.717, 1.165) is 12.2 Å². The zero-order chi connectivity index (χ0) is 13.6. The highest BCUT2D eigenvalue weighted by atomic mass is 16.5. The molecule has 18 heavy (non-hydrogen) atoms. The number of likely N-dealkylation sites (N-methyl/N-ethyl adjacent to an activating group) is 1. The quantitative estimate of drug-likeness (QED) is 0.807. The maximum absolute atomic E-state index is 5.96. The van der Waals surface area contributed by atoms with Crippen molar-refractivity contribution in [2.24, 2.45) is 0 Å². The Kier molecular flexibility index (Phi) is 5.63. The summed E-state index contributed by atoms with van der Waals surface area (Å²) in [6.07, 6.45) is 1.00. The number of ether oxygens (including phenoxy) is 2. The molecule has 1 rings (SSSR count). The average Bonchev–Trinajstić information content (AvgIpc) is 2.39. The van der Waals surface area contributed by atoms with Gasteiger partial charge in [-0.1, -0.05) is 19.1 Å². The van der Waals surface area contributed by atoms with Crippen LogP contribution in [0.2, 0.25) is 0 Å². The molecule has 1 atom stereocenters. The Balaban J connectivity index is 2.70. The van der Waals surface area contributed by atoms with E-state index < -0.39 is 0 Å². The fraction of sp³-hybridized carbons (Fsp3) is 0.600. The first-order valence-corrected chi connectivity index (χ1v) is 6.47. The molecule has 0 aliphatic rings. The van der Waals surface area contributed by atoms with Crippen molar-refractivity contribution >= 4 is 0 Å². The van der Waals surface area contributed by atoms with Crippen LogP contribution in [0.1, 0.15) is 38.8 Å². The van der Waals surface area contributed by atoms with E-state index >= 15 is 0 Å². The van der Waals surface area contributed by atoms with Gasteiger partial charge in [0.2, 0.25) is 0 Å². The molecule has 0 spiro atoms. The Morgan fingerprint density at radius 3 is 2.61 bits per heavy atom. The molecule has 0 amide bonds. The van der Waals surface area contributed by atoms with E-state index in [4.69, 9.17) is 9.47 Å². The Bertz CT molecular complexity index is 363. The summed E-state index contributed by atoms with van der Waals surface area (Å²) >= 11 is 0. The first kappa shape index (κ1) is 15.0. The van der Waals surface area contributed by atoms with Crippen LogP contribution >= 0.6 is 0 Å². The van der Waals surface area contributed by atoms with Crippen LogP contribution < -0.4 is 10.1 Å². The summed E-state index contributed by atoms with van der Waals surface area (Å²) in [6, 6.07) is 8.28. The lowest BCUT2D eigenvalue weighted by molar-refractivity contribution is -0.0300. The lowest BCUT2D eigenvalue weighted by atomic mass is 10.1. The van der Waals surface area contributed by atoms with E-state index in [9.17, 15) is 0 Å². The molecule has 0 aromatic heterocycles. The molecule has 0 radical (unpaired) electrons. The minimum Gasteiger partial charge on any atom is -0.497 e. The van der Waals surface area contributed by atoms with Gasteiger partial charge >= 0.3 is 0 Å². The third kappa shape index (κ3) is 4.31. The fourth-order valence-electron chi connectivity index (χ4n) is 1.62. The molecule has 0 heterocycles. The van der Waals surface area contributed by atoms with Crippen LogP contribution in [0.4, 0.5) is 0 Å². The van der Waals surface area contributed by atoms with Crippen LogP contribution in [0, 0.1) is 0 Å². The maximum atomic E-state index is 5.96. The lowest BCUT2D eigenvalue weighted by Crippen LogP contribution is -2.30. The molecule has 1 unspecified atom stereocenters. The summed E-state index contributed by atoms with van der Waals surface area (Å²) in [5.41, 5.74) is 1.11. The third-order valence-corrected chi connectivity index (χ3v) is 3.34. The van der Waals surface area contributed by atoms with Crippen LogP contribution in [0.5, 0.6) is 5.75 Å². The van der Waals surface area contributed by atoms with Crippen LogP contribution in [0.3, 0.4) is 0 Å². The predicted octanol–water partition coefficient (Wildman–Crippen LogP) is 3.16. The summed E-state index contributed by atoms with van der Waals surface area (Å²) in [4.78, 5) is 0. The highest BCUT2D eigenvalue weighted by Gasteiger charge is 2.18. The number of methoxy groups -OCH3 is 1. The van der Waals surface area contributed by atoms with Crippen LogP contribution in [-0.2, 0) is 4.74 Å². The van der Waals surface area contributed by atoms with Crippen molar-refractivity contribution in [2.75, 3.05) is 20.8 Å². The Hall–Kier alpha value is -1.06. The number of hydrogen-bond acceptors (Lipinski definition) is 3. The molecule has 1 aromatic rings. The highest BCUT2D eigenvalue weighted by Crippen LogP contribution is 2.22. The predicted molar refractivity (Wildman–Crippen MR) is 75.1 cm³/mol. The van der Waals surface area contributed by atoms with E-state index in [1.165, 1.54) is 5.56 Å². The summed E-state index contributed by atoms with van der Waals surface area (Å²) in [6.45, 7) is 7.03. The van der Waals surface area contributed by atoms with Crippen LogP contribution in [-0.4, -0.2) is 26.4 Å². The maximum Gasteiger partial charge on any atom is 0.119 e.